The summed E-state index contributed by atoms with van der Waals surface area (Å²) in [7, 11) is 1.47. The summed E-state index contributed by atoms with van der Waals surface area (Å²) in [5, 5.41) is 8.10. The number of likely N-dealkylation sites (tertiary alicyclic amines) is 1. The van der Waals surface area contributed by atoms with Crippen LogP contribution in [0.2, 0.25) is 5.02 Å². The highest BCUT2D eigenvalue weighted by Crippen LogP contribution is 2.16. The quantitative estimate of drug-likeness (QED) is 0.394. The molecule has 1 aliphatic heterocycles. The Morgan fingerprint density at radius 3 is 2.52 bits per heavy atom. The van der Waals surface area contributed by atoms with Gasteiger partial charge in [-0.2, -0.15) is 0 Å². The summed E-state index contributed by atoms with van der Waals surface area (Å²) >= 11 is 6.77. The number of rotatable bonds is 6. The number of alkyl carbamates (subject to hydrolysis) is 1. The number of nitrogens with zero attached hydrogens (tertiary/aromatic N) is 2. The van der Waals surface area contributed by atoms with Crippen LogP contribution in [-0.4, -0.2) is 77.3 Å². The molecule has 33 heavy (non-hydrogen) atoms. The molecule has 2 heterocycles. The Hall–Kier alpha value is -2.57. The molecule has 0 radical (unpaired) electrons. The van der Waals surface area contributed by atoms with Gasteiger partial charge in [-0.3, -0.25) is 14.4 Å². The van der Waals surface area contributed by atoms with Gasteiger partial charge in [0.05, 0.1) is 30.0 Å². The standard InChI is InChI=1S/C20H28ClN5O6S/c1-20(2,3)32-19(30)24-14-10-26(16(27)11-33-31-4)8-7-13(14)23-17(28)18(29)25-15-6-5-12(21)9-22-15/h5-6,9,13-14H,7-8,10-11H2,1-4H3,(H,23,28)(H,24,30)(H,22,25,29)/t13-,14+/m0/s1. The van der Waals surface area contributed by atoms with Crippen LogP contribution in [-0.2, 0) is 23.3 Å². The molecule has 4 amide bonds. The Balaban J connectivity index is 2.05. The third kappa shape index (κ3) is 9.06. The van der Waals surface area contributed by atoms with Crippen molar-refractivity contribution in [2.45, 2.75) is 44.9 Å². The topological polar surface area (TPSA) is 139 Å². The fourth-order valence-electron chi connectivity index (χ4n) is 3.01. The van der Waals surface area contributed by atoms with E-state index in [1.165, 1.54) is 25.4 Å². The van der Waals surface area contributed by atoms with Crippen LogP contribution >= 0.6 is 23.6 Å². The first-order valence-electron chi connectivity index (χ1n) is 10.1. The fraction of sp³-hybridized carbons (Fsp3) is 0.550. The van der Waals surface area contributed by atoms with E-state index >= 15 is 0 Å². The first kappa shape index (κ1) is 26.7. The van der Waals surface area contributed by atoms with Crippen LogP contribution in [0, 0.1) is 0 Å². The molecular formula is C20H28ClN5O6S. The zero-order chi connectivity index (χ0) is 24.6. The second-order valence-electron chi connectivity index (χ2n) is 8.21. The zero-order valence-electron chi connectivity index (χ0n) is 18.8. The number of hydrogen-bond donors (Lipinski definition) is 3. The Bertz CT molecular complexity index is 863. The summed E-state index contributed by atoms with van der Waals surface area (Å²) in [5.41, 5.74) is -0.729. The molecule has 2 rings (SSSR count). The molecule has 0 unspecified atom stereocenters. The van der Waals surface area contributed by atoms with Crippen molar-refractivity contribution in [2.75, 3.05) is 31.3 Å². The predicted octanol–water partition coefficient (Wildman–Crippen LogP) is 1.58. The van der Waals surface area contributed by atoms with E-state index < -0.39 is 35.6 Å². The van der Waals surface area contributed by atoms with Gasteiger partial charge in [-0.25, -0.2) is 9.78 Å². The molecule has 1 aliphatic rings. The number of ether oxygens (including phenoxy) is 1. The molecule has 1 fully saturated rings. The molecule has 0 bridgehead atoms. The number of piperidine rings is 1. The maximum atomic E-state index is 12.5. The van der Waals surface area contributed by atoms with Crippen molar-refractivity contribution < 1.29 is 28.1 Å². The van der Waals surface area contributed by atoms with E-state index in [4.69, 9.17) is 20.5 Å². The number of nitrogens with one attached hydrogen (secondary N) is 3. The molecule has 1 saturated heterocycles. The zero-order valence-corrected chi connectivity index (χ0v) is 20.4. The number of carbonyl (C=O) groups is 4. The smallest absolute Gasteiger partial charge is 0.408 e. The Morgan fingerprint density at radius 2 is 1.91 bits per heavy atom. The van der Waals surface area contributed by atoms with Gasteiger partial charge in [-0.05, 0) is 39.3 Å². The van der Waals surface area contributed by atoms with Gasteiger partial charge in [0, 0.05) is 31.3 Å². The monoisotopic (exact) mass is 501 g/mol. The van der Waals surface area contributed by atoms with Crippen molar-refractivity contribution in [3.63, 3.8) is 0 Å². The Morgan fingerprint density at radius 1 is 1.18 bits per heavy atom. The number of aromatic nitrogens is 1. The van der Waals surface area contributed by atoms with E-state index in [2.05, 4.69) is 20.9 Å². The third-order valence-corrected chi connectivity index (χ3v) is 5.28. The number of amides is 4. The van der Waals surface area contributed by atoms with Crippen molar-refractivity contribution in [1.82, 2.24) is 20.5 Å². The summed E-state index contributed by atoms with van der Waals surface area (Å²) in [5.74, 6) is -1.71. The number of carbonyl (C=O) groups excluding carboxylic acids is 4. The molecular weight excluding hydrogens is 474 g/mol. The van der Waals surface area contributed by atoms with Crippen LogP contribution in [0.4, 0.5) is 10.6 Å². The summed E-state index contributed by atoms with van der Waals surface area (Å²) in [6.07, 6.45) is 0.967. The molecule has 182 valence electrons. The van der Waals surface area contributed by atoms with Crippen molar-refractivity contribution in [3.8, 4) is 0 Å². The first-order valence-corrected chi connectivity index (χ1v) is 11.4. The van der Waals surface area contributed by atoms with Gasteiger partial charge in [0.25, 0.3) is 0 Å². The highest BCUT2D eigenvalue weighted by atomic mass is 35.5. The van der Waals surface area contributed by atoms with Crippen LogP contribution < -0.4 is 16.0 Å². The van der Waals surface area contributed by atoms with Crippen LogP contribution in [0.1, 0.15) is 27.2 Å². The van der Waals surface area contributed by atoms with Gasteiger partial charge in [0.15, 0.2) is 0 Å². The Labute approximate surface area is 201 Å². The van der Waals surface area contributed by atoms with Crippen LogP contribution in [0.25, 0.3) is 0 Å². The number of pyridine rings is 1. The molecule has 0 aliphatic carbocycles. The van der Waals surface area contributed by atoms with E-state index in [0.717, 1.165) is 12.0 Å². The van der Waals surface area contributed by atoms with E-state index in [9.17, 15) is 19.2 Å². The highest BCUT2D eigenvalue weighted by Gasteiger charge is 2.35. The van der Waals surface area contributed by atoms with E-state index in [1.54, 1.807) is 25.7 Å². The SMILES string of the molecule is COSCC(=O)N1CC[C@H](NC(=O)C(=O)Nc2ccc(Cl)cn2)[C@H](NC(=O)OC(C)(C)C)C1. The fourth-order valence-corrected chi connectivity index (χ4v) is 3.53. The maximum absolute atomic E-state index is 12.5. The molecule has 1 aromatic heterocycles. The first-order chi connectivity index (χ1) is 15.5. The number of anilines is 1. The maximum Gasteiger partial charge on any atom is 0.408 e. The molecule has 11 nitrogen and oxygen atoms in total. The van der Waals surface area contributed by atoms with Crippen LogP contribution in [0.15, 0.2) is 18.3 Å². The lowest BCUT2D eigenvalue weighted by Crippen LogP contribution is -2.62. The van der Waals surface area contributed by atoms with Crippen molar-refractivity contribution in [3.05, 3.63) is 23.4 Å². The second kappa shape index (κ2) is 12.1. The predicted molar refractivity (Wildman–Crippen MR) is 124 cm³/mol. The van der Waals surface area contributed by atoms with Crippen molar-refractivity contribution in [2.24, 2.45) is 0 Å². The van der Waals surface area contributed by atoms with Gasteiger partial charge in [0.1, 0.15) is 11.4 Å². The lowest BCUT2D eigenvalue weighted by molar-refractivity contribution is -0.137. The van der Waals surface area contributed by atoms with Gasteiger partial charge < -0.3 is 29.8 Å². The van der Waals surface area contributed by atoms with Crippen LogP contribution in [0.5, 0.6) is 0 Å². The lowest BCUT2D eigenvalue weighted by atomic mass is 9.99. The van der Waals surface area contributed by atoms with Crippen LogP contribution in [0.3, 0.4) is 0 Å². The molecule has 1 aromatic rings. The summed E-state index contributed by atoms with van der Waals surface area (Å²) < 4.78 is 10.2. The highest BCUT2D eigenvalue weighted by molar-refractivity contribution is 7.95. The lowest BCUT2D eigenvalue weighted by Gasteiger charge is -2.39. The largest absolute Gasteiger partial charge is 0.444 e. The van der Waals surface area contributed by atoms with Gasteiger partial charge in [-0.15, -0.1) is 0 Å². The summed E-state index contributed by atoms with van der Waals surface area (Å²) in [6.45, 7) is 5.63. The molecule has 0 saturated carbocycles. The van der Waals surface area contributed by atoms with Gasteiger partial charge in [-0.1, -0.05) is 11.6 Å². The molecule has 0 spiro atoms. The van der Waals surface area contributed by atoms with E-state index in [0.29, 0.717) is 18.0 Å². The summed E-state index contributed by atoms with van der Waals surface area (Å²) in [4.78, 5) is 55.0. The van der Waals surface area contributed by atoms with E-state index in [1.807, 2.05) is 0 Å². The second-order valence-corrected chi connectivity index (χ2v) is 9.50. The molecule has 2 atom stereocenters. The van der Waals surface area contributed by atoms with Crippen molar-refractivity contribution in [1.29, 1.82) is 0 Å². The van der Waals surface area contributed by atoms with Gasteiger partial charge >= 0.3 is 17.9 Å². The summed E-state index contributed by atoms with van der Waals surface area (Å²) in [6, 6.07) is 1.71. The molecule has 3 N–H and O–H groups in total. The Kier molecular flexibility index (Phi) is 9.74. The van der Waals surface area contributed by atoms with Gasteiger partial charge in [0.2, 0.25) is 5.91 Å². The van der Waals surface area contributed by atoms with E-state index in [-0.39, 0.29) is 24.0 Å². The normalized spacial score (nSPS) is 18.3. The average Bonchev–Trinajstić information content (AvgIpc) is 2.73. The third-order valence-electron chi connectivity index (χ3n) is 4.46. The molecule has 13 heteroatoms. The minimum absolute atomic E-state index is 0.114. The average molecular weight is 502 g/mol. The van der Waals surface area contributed by atoms with Crippen molar-refractivity contribution >= 4 is 53.3 Å². The minimum atomic E-state index is -0.921. The number of halogens is 1. The minimum Gasteiger partial charge on any atom is -0.444 e. The number of hydrogen-bond acceptors (Lipinski definition) is 8. The molecule has 0 aromatic carbocycles.